The summed E-state index contributed by atoms with van der Waals surface area (Å²) < 4.78 is 0. The zero-order valence-electron chi connectivity index (χ0n) is 12.2. The molecule has 4 nitrogen and oxygen atoms in total. The first-order valence-corrected chi connectivity index (χ1v) is 7.27. The Kier molecular flexibility index (Phi) is 2.52. The summed E-state index contributed by atoms with van der Waals surface area (Å²) in [6, 6.07) is 8.15. The maximum Gasteiger partial charge on any atom is 0.182 e. The van der Waals surface area contributed by atoms with Gasteiger partial charge in [0.25, 0.3) is 0 Å². The maximum absolute atomic E-state index is 9.71. The molecule has 3 saturated carbocycles. The topological polar surface area (TPSA) is 95.2 Å². The van der Waals surface area contributed by atoms with E-state index >= 15 is 0 Å². The molecule has 0 aromatic rings. The molecule has 0 aromatic heterocycles. The molecule has 4 aliphatic rings. The van der Waals surface area contributed by atoms with Gasteiger partial charge in [-0.25, -0.2) is 0 Å². The van der Waals surface area contributed by atoms with Crippen molar-refractivity contribution in [3.05, 3.63) is 11.6 Å². The van der Waals surface area contributed by atoms with Crippen LogP contribution in [0.1, 0.15) is 33.1 Å². The third-order valence-corrected chi connectivity index (χ3v) is 6.37. The van der Waals surface area contributed by atoms with Gasteiger partial charge < -0.3 is 0 Å². The maximum atomic E-state index is 9.71. The normalized spacial score (nSPS) is 36.3. The monoisotopic (exact) mass is 276 g/mol. The van der Waals surface area contributed by atoms with Crippen molar-refractivity contribution in [1.29, 1.82) is 21.0 Å². The first-order chi connectivity index (χ1) is 9.92. The van der Waals surface area contributed by atoms with Gasteiger partial charge >= 0.3 is 0 Å². The highest BCUT2D eigenvalue weighted by Gasteiger charge is 2.67. The second kappa shape index (κ2) is 3.87. The van der Waals surface area contributed by atoms with Gasteiger partial charge in [0.1, 0.15) is 0 Å². The number of hydrogen-bond donors (Lipinski definition) is 0. The molecule has 0 saturated heterocycles. The van der Waals surface area contributed by atoms with Gasteiger partial charge in [-0.2, -0.15) is 21.0 Å². The van der Waals surface area contributed by atoms with Crippen LogP contribution in [0.4, 0.5) is 0 Å². The number of nitriles is 4. The zero-order valence-corrected chi connectivity index (χ0v) is 12.2. The van der Waals surface area contributed by atoms with Crippen molar-refractivity contribution < 1.29 is 0 Å². The van der Waals surface area contributed by atoms with E-state index in [1.165, 1.54) is 0 Å². The average molecular weight is 276 g/mol. The van der Waals surface area contributed by atoms with E-state index in [9.17, 15) is 21.0 Å². The molecule has 4 heteroatoms. The van der Waals surface area contributed by atoms with E-state index in [2.05, 4.69) is 26.0 Å². The van der Waals surface area contributed by atoms with Crippen LogP contribution in [0.15, 0.2) is 11.6 Å². The summed E-state index contributed by atoms with van der Waals surface area (Å²) in [6.45, 7) is 4.47. The predicted molar refractivity (Wildman–Crippen MR) is 73.5 cm³/mol. The summed E-state index contributed by atoms with van der Waals surface area (Å²) in [7, 11) is 0. The Morgan fingerprint density at radius 3 is 2.00 bits per heavy atom. The Hall–Kier alpha value is -2.30. The highest BCUT2D eigenvalue weighted by molar-refractivity contribution is 5.45. The summed E-state index contributed by atoms with van der Waals surface area (Å²) in [5.41, 5.74) is -1.73. The Bertz CT molecular complexity index is 673. The Morgan fingerprint density at radius 1 is 0.952 bits per heavy atom. The predicted octanol–water partition coefficient (Wildman–Crippen LogP) is 3.07. The van der Waals surface area contributed by atoms with Crippen LogP contribution in [0.3, 0.4) is 0 Å². The first kappa shape index (κ1) is 13.7. The molecule has 4 rings (SSSR count). The van der Waals surface area contributed by atoms with Crippen molar-refractivity contribution in [2.45, 2.75) is 33.1 Å². The fourth-order valence-corrected chi connectivity index (χ4v) is 4.75. The molecule has 0 radical (unpaired) electrons. The Morgan fingerprint density at radius 2 is 1.52 bits per heavy atom. The SMILES string of the molecule is CC1(C)[C@@H]2C[C@@H]3C(=CCC(C#N)(C#N)C3(C#N)C#N)[C@@H]1C2. The van der Waals surface area contributed by atoms with Gasteiger partial charge in [0.05, 0.1) is 24.3 Å². The zero-order chi connectivity index (χ0) is 15.5. The molecule has 2 bridgehead atoms. The smallest absolute Gasteiger partial charge is 0.182 e. The lowest BCUT2D eigenvalue weighted by molar-refractivity contribution is -0.0709. The summed E-state index contributed by atoms with van der Waals surface area (Å²) in [5.74, 6) is 0.592. The molecular formula is C17H16N4. The summed E-state index contributed by atoms with van der Waals surface area (Å²) in [5, 5.41) is 38.4. The average Bonchev–Trinajstić information content (AvgIpc) is 2.52. The molecule has 3 atom stereocenters. The van der Waals surface area contributed by atoms with Crippen molar-refractivity contribution in [1.82, 2.24) is 0 Å². The third kappa shape index (κ3) is 1.27. The van der Waals surface area contributed by atoms with Gasteiger partial charge in [-0.3, -0.25) is 0 Å². The molecule has 0 spiro atoms. The first-order valence-electron chi connectivity index (χ1n) is 7.27. The lowest BCUT2D eigenvalue weighted by atomic mass is 9.39. The van der Waals surface area contributed by atoms with Gasteiger partial charge in [-0.15, -0.1) is 0 Å². The summed E-state index contributed by atoms with van der Waals surface area (Å²) in [4.78, 5) is 0. The fraction of sp³-hybridized carbons (Fsp3) is 0.647. The van der Waals surface area contributed by atoms with Crippen molar-refractivity contribution >= 4 is 0 Å². The number of allylic oxidation sites excluding steroid dienone is 2. The minimum absolute atomic E-state index is 0.185. The molecule has 0 N–H and O–H groups in total. The molecule has 0 aromatic carbocycles. The van der Waals surface area contributed by atoms with Gasteiger partial charge in [0.2, 0.25) is 0 Å². The van der Waals surface area contributed by atoms with Crippen LogP contribution in [0.5, 0.6) is 0 Å². The van der Waals surface area contributed by atoms with Crippen LogP contribution in [-0.2, 0) is 0 Å². The van der Waals surface area contributed by atoms with E-state index in [0.717, 1.165) is 18.4 Å². The summed E-state index contributed by atoms with van der Waals surface area (Å²) in [6.07, 6.45) is 4.01. The third-order valence-electron chi connectivity index (χ3n) is 6.37. The molecule has 0 unspecified atom stereocenters. The van der Waals surface area contributed by atoms with Crippen LogP contribution >= 0.6 is 0 Å². The largest absolute Gasteiger partial charge is 0.196 e. The highest BCUT2D eigenvalue weighted by Crippen LogP contribution is 2.69. The Labute approximate surface area is 124 Å². The van der Waals surface area contributed by atoms with Crippen molar-refractivity contribution in [3.63, 3.8) is 0 Å². The molecular weight excluding hydrogens is 260 g/mol. The van der Waals surface area contributed by atoms with E-state index in [1.807, 2.05) is 18.2 Å². The van der Waals surface area contributed by atoms with E-state index in [-0.39, 0.29) is 17.8 Å². The van der Waals surface area contributed by atoms with E-state index in [1.54, 1.807) is 0 Å². The molecule has 0 heterocycles. The fourth-order valence-electron chi connectivity index (χ4n) is 4.75. The lowest BCUT2D eigenvalue weighted by Gasteiger charge is -2.63. The van der Waals surface area contributed by atoms with Crippen LogP contribution < -0.4 is 0 Å². The molecule has 0 amide bonds. The van der Waals surface area contributed by atoms with Gasteiger partial charge in [-0.1, -0.05) is 25.5 Å². The van der Waals surface area contributed by atoms with Crippen LogP contribution in [0.2, 0.25) is 0 Å². The van der Waals surface area contributed by atoms with E-state index < -0.39 is 10.8 Å². The van der Waals surface area contributed by atoms with Crippen LogP contribution in [0.25, 0.3) is 0 Å². The molecule has 4 aliphatic carbocycles. The second-order valence-electron chi connectivity index (χ2n) is 7.16. The lowest BCUT2D eigenvalue weighted by Crippen LogP contribution is -2.59. The molecule has 0 aliphatic heterocycles. The molecule has 104 valence electrons. The second-order valence-corrected chi connectivity index (χ2v) is 7.16. The summed E-state index contributed by atoms with van der Waals surface area (Å²) >= 11 is 0. The van der Waals surface area contributed by atoms with Crippen molar-refractivity contribution in [2.75, 3.05) is 0 Å². The van der Waals surface area contributed by atoms with Crippen LogP contribution in [-0.4, -0.2) is 0 Å². The van der Waals surface area contributed by atoms with Gasteiger partial charge in [0.15, 0.2) is 10.8 Å². The number of nitrogens with zero attached hydrogens (tertiary/aromatic N) is 4. The van der Waals surface area contributed by atoms with Crippen molar-refractivity contribution in [3.8, 4) is 24.3 Å². The quantitative estimate of drug-likeness (QED) is 0.635. The van der Waals surface area contributed by atoms with Gasteiger partial charge in [0, 0.05) is 12.3 Å². The number of rotatable bonds is 0. The Balaban J connectivity index is 2.19. The highest BCUT2D eigenvalue weighted by atomic mass is 14.7. The van der Waals surface area contributed by atoms with E-state index in [4.69, 9.17) is 0 Å². The molecule has 3 fully saturated rings. The van der Waals surface area contributed by atoms with Gasteiger partial charge in [-0.05, 0) is 30.1 Å². The minimum atomic E-state index is -1.54. The van der Waals surface area contributed by atoms with Crippen molar-refractivity contribution in [2.24, 2.45) is 34.0 Å². The van der Waals surface area contributed by atoms with Crippen LogP contribution in [0, 0.1) is 79.3 Å². The minimum Gasteiger partial charge on any atom is -0.196 e. The standard InChI is InChI=1S/C17H16N4/c1-15(2)11-5-13(15)12-3-4-16(7-18,8-19)17(9-20,10-21)14(12)6-11/h3,11,13-14H,4-6H2,1-2H3/t11-,13-,14+/m0/s1. The molecule has 21 heavy (non-hydrogen) atoms. The number of hydrogen-bond acceptors (Lipinski definition) is 4. The van der Waals surface area contributed by atoms with E-state index in [0.29, 0.717) is 11.8 Å².